The Morgan fingerprint density at radius 2 is 1.70 bits per heavy atom. The third-order valence-corrected chi connectivity index (χ3v) is 2.60. The van der Waals surface area contributed by atoms with Crippen LogP contribution >= 0.6 is 0 Å². The molecule has 0 saturated carbocycles. The first-order chi connectivity index (χ1) is 9.62. The highest BCUT2D eigenvalue weighted by atomic mass is 16.5. The highest BCUT2D eigenvalue weighted by Gasteiger charge is 2.09. The predicted molar refractivity (Wildman–Crippen MR) is 77.2 cm³/mol. The maximum atomic E-state index is 10.4. The molecule has 0 fully saturated rings. The zero-order valence-corrected chi connectivity index (χ0v) is 11.0. The zero-order chi connectivity index (χ0) is 15.0. The molecule has 0 bridgehead atoms. The average molecular weight is 266 g/mol. The number of carboxylic acid groups (broad SMARTS) is 1. The third-order valence-electron chi connectivity index (χ3n) is 2.60. The molecule has 0 aromatic heterocycles. The Labute approximate surface area is 119 Å². The molecule has 0 radical (unpaired) electrons. The number of benzene rings is 1. The summed E-state index contributed by atoms with van der Waals surface area (Å²) in [5.74, 6) is 7.09. The van der Waals surface area contributed by atoms with Crippen molar-refractivity contribution in [2.45, 2.75) is 19.3 Å². The van der Waals surface area contributed by atoms with Gasteiger partial charge in [-0.15, -0.1) is 19.3 Å². The summed E-state index contributed by atoms with van der Waals surface area (Å²) in [6.07, 6.45) is 17.4. The first kappa shape index (κ1) is 15.2. The first-order valence-electron chi connectivity index (χ1n) is 6.04. The van der Waals surface area contributed by atoms with Gasteiger partial charge in [-0.3, -0.25) is 4.79 Å². The fourth-order valence-corrected chi connectivity index (χ4v) is 1.63. The van der Waals surface area contributed by atoms with E-state index in [-0.39, 0.29) is 6.42 Å². The highest BCUT2D eigenvalue weighted by molar-refractivity contribution is 5.66. The summed E-state index contributed by atoms with van der Waals surface area (Å²) in [4.78, 5) is 10.4. The van der Waals surface area contributed by atoms with Gasteiger partial charge in [-0.1, -0.05) is 17.8 Å². The third kappa shape index (κ3) is 4.13. The van der Waals surface area contributed by atoms with Crippen LogP contribution in [0.2, 0.25) is 0 Å². The van der Waals surface area contributed by atoms with Crippen LogP contribution in [-0.4, -0.2) is 17.7 Å². The van der Waals surface area contributed by atoms with E-state index in [4.69, 9.17) is 29.1 Å². The fourth-order valence-electron chi connectivity index (χ4n) is 1.63. The number of rotatable bonds is 6. The predicted octanol–water partition coefficient (Wildman–Crippen LogP) is 2.26. The van der Waals surface area contributed by atoms with E-state index in [0.717, 1.165) is 0 Å². The molecule has 0 aliphatic rings. The number of ether oxygens (including phenoxy) is 1. The second kappa shape index (κ2) is 7.57. The van der Waals surface area contributed by atoms with Crippen LogP contribution in [0.3, 0.4) is 0 Å². The van der Waals surface area contributed by atoms with E-state index in [2.05, 4.69) is 17.8 Å². The van der Waals surface area contributed by atoms with Crippen molar-refractivity contribution in [1.29, 1.82) is 0 Å². The second-order valence-electron chi connectivity index (χ2n) is 4.03. The summed E-state index contributed by atoms with van der Waals surface area (Å²) in [5, 5.41) is 8.54. The van der Waals surface area contributed by atoms with Crippen LogP contribution in [0.15, 0.2) is 12.1 Å². The van der Waals surface area contributed by atoms with Gasteiger partial charge in [-0.25, -0.2) is 0 Å². The number of terminal acetylenes is 3. The molecule has 0 saturated heterocycles. The number of aliphatic carboxylic acids is 1. The molecule has 3 nitrogen and oxygen atoms in total. The van der Waals surface area contributed by atoms with Crippen molar-refractivity contribution in [3.8, 4) is 42.8 Å². The monoisotopic (exact) mass is 266 g/mol. The normalized spacial score (nSPS) is 9.05. The molecule has 1 aromatic carbocycles. The Hall–Kier alpha value is -2.83. The van der Waals surface area contributed by atoms with E-state index < -0.39 is 5.97 Å². The van der Waals surface area contributed by atoms with E-state index in [9.17, 15) is 4.79 Å². The molecule has 0 spiro atoms. The van der Waals surface area contributed by atoms with Crippen LogP contribution in [0.1, 0.15) is 36.0 Å². The van der Waals surface area contributed by atoms with E-state index in [1.165, 1.54) is 0 Å². The van der Waals surface area contributed by atoms with Crippen molar-refractivity contribution in [3.05, 3.63) is 28.8 Å². The molecule has 1 rings (SSSR count). The van der Waals surface area contributed by atoms with E-state index >= 15 is 0 Å². The molecule has 0 amide bonds. The van der Waals surface area contributed by atoms with Crippen LogP contribution in [0, 0.1) is 37.0 Å². The number of hydrogen-bond donors (Lipinski definition) is 1. The van der Waals surface area contributed by atoms with Gasteiger partial charge in [0.15, 0.2) is 5.75 Å². The molecule has 0 aliphatic carbocycles. The lowest BCUT2D eigenvalue weighted by molar-refractivity contribution is -0.137. The van der Waals surface area contributed by atoms with Gasteiger partial charge in [-0.05, 0) is 25.0 Å². The molecule has 20 heavy (non-hydrogen) atoms. The standard InChI is InChI=1S/C17H14O3/c1-4-13-11-14(5-2)17(15(6-3)12-13)20-10-8-7-9-16(18)19/h1-3,11-12H,7-10H2,(H,18,19). The summed E-state index contributed by atoms with van der Waals surface area (Å²) in [7, 11) is 0. The molecule has 100 valence electrons. The maximum Gasteiger partial charge on any atom is 0.303 e. The molecule has 1 N–H and O–H groups in total. The van der Waals surface area contributed by atoms with Crippen molar-refractivity contribution in [2.75, 3.05) is 6.61 Å². The number of carbonyl (C=O) groups is 1. The summed E-state index contributed by atoms with van der Waals surface area (Å²) in [5.41, 5.74) is 1.61. The first-order valence-corrected chi connectivity index (χ1v) is 6.04. The topological polar surface area (TPSA) is 46.5 Å². The number of unbranched alkanes of at least 4 members (excludes halogenated alkanes) is 1. The van der Waals surface area contributed by atoms with Crippen LogP contribution in [-0.2, 0) is 4.79 Å². The van der Waals surface area contributed by atoms with Crippen molar-refractivity contribution >= 4 is 5.97 Å². The van der Waals surface area contributed by atoms with Crippen LogP contribution in [0.5, 0.6) is 5.75 Å². The molecule has 0 aliphatic heterocycles. The smallest absolute Gasteiger partial charge is 0.303 e. The maximum absolute atomic E-state index is 10.4. The molecule has 0 atom stereocenters. The Morgan fingerprint density at radius 3 is 2.15 bits per heavy atom. The van der Waals surface area contributed by atoms with E-state index in [1.54, 1.807) is 12.1 Å². The minimum Gasteiger partial charge on any atom is -0.491 e. The van der Waals surface area contributed by atoms with Gasteiger partial charge in [0.2, 0.25) is 0 Å². The van der Waals surface area contributed by atoms with E-state index in [0.29, 0.717) is 41.9 Å². The Balaban J connectivity index is 2.80. The number of carboxylic acids is 1. The molecule has 3 heteroatoms. The summed E-state index contributed by atoms with van der Waals surface area (Å²) >= 11 is 0. The van der Waals surface area contributed by atoms with Crippen molar-refractivity contribution in [1.82, 2.24) is 0 Å². The molecule has 1 aromatic rings. The average Bonchev–Trinajstić information content (AvgIpc) is 2.46. The van der Waals surface area contributed by atoms with Gasteiger partial charge >= 0.3 is 5.97 Å². The number of hydrogen-bond acceptors (Lipinski definition) is 2. The zero-order valence-electron chi connectivity index (χ0n) is 11.0. The highest BCUT2D eigenvalue weighted by Crippen LogP contribution is 2.25. The lowest BCUT2D eigenvalue weighted by Crippen LogP contribution is -2.03. The fraction of sp³-hybridized carbons (Fsp3) is 0.235. The van der Waals surface area contributed by atoms with Crippen molar-refractivity contribution < 1.29 is 14.6 Å². The molecular weight excluding hydrogens is 252 g/mol. The Morgan fingerprint density at radius 1 is 1.10 bits per heavy atom. The quantitative estimate of drug-likeness (QED) is 0.634. The Bertz CT molecular complexity index is 586. The van der Waals surface area contributed by atoms with Gasteiger partial charge in [0.05, 0.1) is 17.7 Å². The van der Waals surface area contributed by atoms with Crippen LogP contribution in [0.4, 0.5) is 0 Å². The lowest BCUT2D eigenvalue weighted by atomic mass is 10.0. The molecular formula is C17H14O3. The van der Waals surface area contributed by atoms with Gasteiger partial charge in [-0.2, -0.15) is 0 Å². The van der Waals surface area contributed by atoms with Gasteiger partial charge in [0.1, 0.15) is 0 Å². The molecule has 0 heterocycles. The van der Waals surface area contributed by atoms with Crippen molar-refractivity contribution in [3.63, 3.8) is 0 Å². The lowest BCUT2D eigenvalue weighted by Gasteiger charge is -2.11. The Kier molecular flexibility index (Phi) is 5.76. The van der Waals surface area contributed by atoms with Gasteiger partial charge in [0.25, 0.3) is 0 Å². The van der Waals surface area contributed by atoms with Gasteiger partial charge < -0.3 is 9.84 Å². The van der Waals surface area contributed by atoms with E-state index in [1.807, 2.05) is 0 Å². The summed E-state index contributed by atoms with van der Waals surface area (Å²) in [6, 6.07) is 3.32. The summed E-state index contributed by atoms with van der Waals surface area (Å²) < 4.78 is 5.58. The van der Waals surface area contributed by atoms with Crippen LogP contribution in [0.25, 0.3) is 0 Å². The van der Waals surface area contributed by atoms with Crippen molar-refractivity contribution in [2.24, 2.45) is 0 Å². The largest absolute Gasteiger partial charge is 0.491 e. The minimum atomic E-state index is -0.822. The summed E-state index contributed by atoms with van der Waals surface area (Å²) in [6.45, 7) is 0.353. The van der Waals surface area contributed by atoms with Gasteiger partial charge in [0, 0.05) is 12.0 Å². The SMILES string of the molecule is C#Cc1cc(C#C)c(OCCCCC(=O)O)c(C#C)c1. The molecule has 0 unspecified atom stereocenters. The second-order valence-corrected chi connectivity index (χ2v) is 4.03. The minimum absolute atomic E-state index is 0.114. The van der Waals surface area contributed by atoms with Crippen LogP contribution < -0.4 is 4.74 Å².